The predicted octanol–water partition coefficient (Wildman–Crippen LogP) is 1.93. The summed E-state index contributed by atoms with van der Waals surface area (Å²) in [5, 5.41) is 0. The minimum Gasteiger partial charge on any atom is -0.497 e. The van der Waals surface area contributed by atoms with Gasteiger partial charge in [0.15, 0.2) is 0 Å². The summed E-state index contributed by atoms with van der Waals surface area (Å²) in [5.74, 6) is -1.20. The molecule has 0 aliphatic heterocycles. The topological polar surface area (TPSA) is 82.1 Å². The van der Waals surface area contributed by atoms with Crippen LogP contribution in [-0.4, -0.2) is 44.2 Å². The number of esters is 2. The highest BCUT2D eigenvalue weighted by molar-refractivity contribution is 6.05. The van der Waals surface area contributed by atoms with Gasteiger partial charge in [-0.25, -0.2) is 0 Å². The third kappa shape index (κ3) is 6.28. The molecule has 7 nitrogen and oxygen atoms in total. The number of anilines is 1. The second kappa shape index (κ2) is 8.33. The van der Waals surface area contributed by atoms with Crippen molar-refractivity contribution >= 4 is 23.5 Å². The molecule has 1 aromatic carbocycles. The van der Waals surface area contributed by atoms with Crippen LogP contribution in [0.1, 0.15) is 27.2 Å². The van der Waals surface area contributed by atoms with Crippen LogP contribution in [0, 0.1) is 0 Å². The Labute approximate surface area is 141 Å². The zero-order chi connectivity index (χ0) is 18.3. The third-order valence-electron chi connectivity index (χ3n) is 2.92. The Balaban J connectivity index is 2.99. The first kappa shape index (κ1) is 19.5. The van der Waals surface area contributed by atoms with Gasteiger partial charge < -0.3 is 19.1 Å². The smallest absolute Gasteiger partial charge is 0.326 e. The molecule has 0 N–H and O–H groups in total. The minimum absolute atomic E-state index is 0.306. The summed E-state index contributed by atoms with van der Waals surface area (Å²) >= 11 is 0. The van der Waals surface area contributed by atoms with E-state index in [0.29, 0.717) is 11.4 Å². The summed E-state index contributed by atoms with van der Waals surface area (Å²) < 4.78 is 14.8. The molecule has 0 spiro atoms. The molecule has 0 aliphatic rings. The van der Waals surface area contributed by atoms with Crippen LogP contribution in [0.4, 0.5) is 5.69 Å². The van der Waals surface area contributed by atoms with E-state index in [9.17, 15) is 14.4 Å². The standard InChI is InChI=1S/C17H23NO6/c1-17(2,3)24-16(21)11-18(14(19)10-15(20)23-5)12-6-8-13(22-4)9-7-12/h6-9H,10-11H2,1-5H3. The number of hydrogen-bond donors (Lipinski definition) is 0. The van der Waals surface area contributed by atoms with E-state index in [0.717, 1.165) is 0 Å². The largest absolute Gasteiger partial charge is 0.497 e. The number of carbonyl (C=O) groups excluding carboxylic acids is 3. The van der Waals surface area contributed by atoms with Gasteiger partial charge in [0.1, 0.15) is 24.3 Å². The number of methoxy groups -OCH3 is 2. The Bertz CT molecular complexity index is 588. The van der Waals surface area contributed by atoms with Crippen molar-refractivity contribution < 1.29 is 28.6 Å². The number of rotatable bonds is 6. The molecular weight excluding hydrogens is 314 g/mol. The van der Waals surface area contributed by atoms with Crippen molar-refractivity contribution in [1.82, 2.24) is 0 Å². The van der Waals surface area contributed by atoms with Crippen LogP contribution in [0.15, 0.2) is 24.3 Å². The van der Waals surface area contributed by atoms with Crippen molar-refractivity contribution in [3.05, 3.63) is 24.3 Å². The molecule has 0 fully saturated rings. The molecule has 24 heavy (non-hydrogen) atoms. The molecule has 0 heterocycles. The van der Waals surface area contributed by atoms with Gasteiger partial charge in [0, 0.05) is 5.69 Å². The van der Waals surface area contributed by atoms with E-state index >= 15 is 0 Å². The molecule has 0 saturated carbocycles. The maximum Gasteiger partial charge on any atom is 0.326 e. The summed E-state index contributed by atoms with van der Waals surface area (Å²) in [4.78, 5) is 37.0. The van der Waals surface area contributed by atoms with Crippen molar-refractivity contribution in [2.75, 3.05) is 25.7 Å². The van der Waals surface area contributed by atoms with Crippen molar-refractivity contribution in [2.45, 2.75) is 32.8 Å². The van der Waals surface area contributed by atoms with Gasteiger partial charge in [0.05, 0.1) is 14.2 Å². The van der Waals surface area contributed by atoms with Crippen LogP contribution < -0.4 is 9.64 Å². The summed E-state index contributed by atoms with van der Waals surface area (Å²) in [6.45, 7) is 4.90. The van der Waals surface area contributed by atoms with Gasteiger partial charge in [-0.15, -0.1) is 0 Å². The van der Waals surface area contributed by atoms with Crippen LogP contribution in [-0.2, 0) is 23.9 Å². The van der Waals surface area contributed by atoms with E-state index in [1.165, 1.54) is 19.1 Å². The Morgan fingerprint density at radius 3 is 2.04 bits per heavy atom. The Kier molecular flexibility index (Phi) is 6.76. The summed E-state index contributed by atoms with van der Waals surface area (Å²) in [7, 11) is 2.72. The fourth-order valence-corrected chi connectivity index (χ4v) is 1.88. The Morgan fingerprint density at radius 1 is 1.00 bits per heavy atom. The lowest BCUT2D eigenvalue weighted by molar-refractivity contribution is -0.154. The molecule has 0 bridgehead atoms. The van der Waals surface area contributed by atoms with Crippen LogP contribution in [0.3, 0.4) is 0 Å². The molecule has 0 atom stereocenters. The highest BCUT2D eigenvalue weighted by Gasteiger charge is 2.25. The second-order valence-corrected chi connectivity index (χ2v) is 6.02. The van der Waals surface area contributed by atoms with Gasteiger partial charge in [-0.05, 0) is 45.0 Å². The highest BCUT2D eigenvalue weighted by atomic mass is 16.6. The van der Waals surface area contributed by atoms with Gasteiger partial charge in [-0.3, -0.25) is 14.4 Å². The molecule has 0 aliphatic carbocycles. The molecule has 0 unspecified atom stereocenters. The molecule has 132 valence electrons. The van der Waals surface area contributed by atoms with E-state index < -0.39 is 29.9 Å². The van der Waals surface area contributed by atoms with Crippen molar-refractivity contribution in [1.29, 1.82) is 0 Å². The number of nitrogens with zero attached hydrogens (tertiary/aromatic N) is 1. The minimum atomic E-state index is -0.678. The van der Waals surface area contributed by atoms with Crippen LogP contribution in [0.25, 0.3) is 0 Å². The maximum absolute atomic E-state index is 12.4. The number of hydrogen-bond acceptors (Lipinski definition) is 6. The van der Waals surface area contributed by atoms with E-state index in [2.05, 4.69) is 4.74 Å². The highest BCUT2D eigenvalue weighted by Crippen LogP contribution is 2.20. The first-order valence-electron chi connectivity index (χ1n) is 7.39. The zero-order valence-corrected chi connectivity index (χ0v) is 14.6. The summed E-state index contributed by atoms with van der Waals surface area (Å²) in [5.41, 5.74) is -0.218. The molecule has 0 saturated heterocycles. The predicted molar refractivity (Wildman–Crippen MR) is 87.8 cm³/mol. The average Bonchev–Trinajstić information content (AvgIpc) is 2.50. The van der Waals surface area contributed by atoms with Crippen LogP contribution in [0.2, 0.25) is 0 Å². The Morgan fingerprint density at radius 2 is 1.58 bits per heavy atom. The van der Waals surface area contributed by atoms with Crippen LogP contribution >= 0.6 is 0 Å². The van der Waals surface area contributed by atoms with Gasteiger partial charge in [0.25, 0.3) is 0 Å². The number of carbonyl (C=O) groups is 3. The molecule has 7 heteroatoms. The Hall–Kier alpha value is -2.57. The first-order chi connectivity index (χ1) is 11.2. The fraction of sp³-hybridized carbons (Fsp3) is 0.471. The van der Waals surface area contributed by atoms with E-state index in [4.69, 9.17) is 9.47 Å². The fourth-order valence-electron chi connectivity index (χ4n) is 1.88. The quantitative estimate of drug-likeness (QED) is 0.583. The lowest BCUT2D eigenvalue weighted by Crippen LogP contribution is -2.39. The molecular formula is C17H23NO6. The number of amides is 1. The van der Waals surface area contributed by atoms with Crippen molar-refractivity contribution in [2.24, 2.45) is 0 Å². The number of benzene rings is 1. The van der Waals surface area contributed by atoms with Gasteiger partial charge in [-0.2, -0.15) is 0 Å². The zero-order valence-electron chi connectivity index (χ0n) is 14.6. The molecule has 0 aromatic heterocycles. The summed E-state index contributed by atoms with van der Waals surface area (Å²) in [6.07, 6.45) is -0.467. The average molecular weight is 337 g/mol. The van der Waals surface area contributed by atoms with Gasteiger partial charge >= 0.3 is 11.9 Å². The van der Waals surface area contributed by atoms with Crippen molar-refractivity contribution in [3.8, 4) is 5.75 Å². The second-order valence-electron chi connectivity index (χ2n) is 6.02. The van der Waals surface area contributed by atoms with Crippen LogP contribution in [0.5, 0.6) is 5.75 Å². The third-order valence-corrected chi connectivity index (χ3v) is 2.92. The summed E-state index contributed by atoms with van der Waals surface area (Å²) in [6, 6.07) is 6.56. The molecule has 1 amide bonds. The van der Waals surface area contributed by atoms with E-state index in [-0.39, 0.29) is 6.54 Å². The monoisotopic (exact) mass is 337 g/mol. The first-order valence-corrected chi connectivity index (χ1v) is 7.39. The van der Waals surface area contributed by atoms with E-state index in [1.807, 2.05) is 0 Å². The van der Waals surface area contributed by atoms with Gasteiger partial charge in [0.2, 0.25) is 5.91 Å². The van der Waals surface area contributed by atoms with E-state index in [1.54, 1.807) is 45.0 Å². The SMILES string of the molecule is COC(=O)CC(=O)N(CC(=O)OC(C)(C)C)c1ccc(OC)cc1. The number of ether oxygens (including phenoxy) is 3. The van der Waals surface area contributed by atoms with Gasteiger partial charge in [-0.1, -0.05) is 0 Å². The maximum atomic E-state index is 12.4. The van der Waals surface area contributed by atoms with Crippen molar-refractivity contribution in [3.63, 3.8) is 0 Å². The lowest BCUT2D eigenvalue weighted by atomic mass is 10.2. The molecule has 0 radical (unpaired) electrons. The normalized spacial score (nSPS) is 10.7. The molecule has 1 rings (SSSR count). The lowest BCUT2D eigenvalue weighted by Gasteiger charge is -2.25. The molecule has 1 aromatic rings.